The molecule has 0 spiro atoms. The smallest absolute Gasteiger partial charge is 0.368 e. The molecule has 0 saturated carbocycles. The number of pyridine rings is 1. The van der Waals surface area contributed by atoms with Gasteiger partial charge in [-0.15, -0.1) is 0 Å². The molecule has 2 N–H and O–H groups in total. The van der Waals surface area contributed by atoms with Gasteiger partial charge in [0, 0.05) is 25.5 Å². The number of nitrogens with zero attached hydrogens (tertiary/aromatic N) is 3. The van der Waals surface area contributed by atoms with Gasteiger partial charge in [-0.2, -0.15) is 26.3 Å². The van der Waals surface area contributed by atoms with Crippen molar-refractivity contribution >= 4 is 11.8 Å². The molecule has 11 heteroatoms. The summed E-state index contributed by atoms with van der Waals surface area (Å²) in [6.45, 7) is 0.188. The first kappa shape index (κ1) is 17.8. The fourth-order valence-corrected chi connectivity index (χ4v) is 1.67. The zero-order valence-corrected chi connectivity index (χ0v) is 11.9. The van der Waals surface area contributed by atoms with E-state index in [-0.39, 0.29) is 24.9 Å². The van der Waals surface area contributed by atoms with Crippen LogP contribution in [-0.2, 0) is 12.4 Å². The third-order valence-electron chi connectivity index (χ3n) is 2.75. The molecule has 0 atom stereocenters. The van der Waals surface area contributed by atoms with Gasteiger partial charge in [0.05, 0.1) is 5.56 Å². The van der Waals surface area contributed by atoms with Crippen LogP contribution in [0.25, 0.3) is 0 Å². The molecule has 0 aliphatic heterocycles. The van der Waals surface area contributed by atoms with Gasteiger partial charge in [0.1, 0.15) is 11.5 Å². The Hall–Kier alpha value is -2.59. The molecule has 0 unspecified atom stereocenters. The SMILES string of the molecule is FC(F)(F)c1ccnc(NCCNc2nccc(C(F)(F)F)n2)c1. The van der Waals surface area contributed by atoms with E-state index in [1.165, 1.54) is 0 Å². The molecular weight excluding hydrogens is 340 g/mol. The minimum Gasteiger partial charge on any atom is -0.368 e. The molecule has 24 heavy (non-hydrogen) atoms. The number of aromatic nitrogens is 3. The van der Waals surface area contributed by atoms with Crippen molar-refractivity contribution in [3.8, 4) is 0 Å². The van der Waals surface area contributed by atoms with Crippen molar-refractivity contribution < 1.29 is 26.3 Å². The highest BCUT2D eigenvalue weighted by molar-refractivity contribution is 5.39. The lowest BCUT2D eigenvalue weighted by Gasteiger charge is -2.11. The minimum atomic E-state index is -4.58. The van der Waals surface area contributed by atoms with Crippen LogP contribution in [0.2, 0.25) is 0 Å². The zero-order valence-electron chi connectivity index (χ0n) is 11.9. The van der Waals surface area contributed by atoms with E-state index in [2.05, 4.69) is 25.6 Å². The van der Waals surface area contributed by atoms with Gasteiger partial charge in [-0.1, -0.05) is 0 Å². The summed E-state index contributed by atoms with van der Waals surface area (Å²) in [6.07, 6.45) is -7.10. The number of hydrogen-bond donors (Lipinski definition) is 2. The van der Waals surface area contributed by atoms with E-state index in [0.29, 0.717) is 0 Å². The van der Waals surface area contributed by atoms with Crippen molar-refractivity contribution in [1.82, 2.24) is 15.0 Å². The quantitative estimate of drug-likeness (QED) is 0.638. The van der Waals surface area contributed by atoms with Crippen LogP contribution in [0, 0.1) is 0 Å². The summed E-state index contributed by atoms with van der Waals surface area (Å²) < 4.78 is 75.0. The van der Waals surface area contributed by atoms with Crippen molar-refractivity contribution in [1.29, 1.82) is 0 Å². The average Bonchev–Trinajstić information content (AvgIpc) is 2.51. The number of anilines is 2. The topological polar surface area (TPSA) is 62.7 Å². The molecule has 2 rings (SSSR count). The Labute approximate surface area is 132 Å². The summed E-state index contributed by atoms with van der Waals surface area (Å²) in [5.41, 5.74) is -1.94. The van der Waals surface area contributed by atoms with Gasteiger partial charge < -0.3 is 10.6 Å². The Bertz CT molecular complexity index is 626. The van der Waals surface area contributed by atoms with Crippen LogP contribution in [0.5, 0.6) is 0 Å². The lowest BCUT2D eigenvalue weighted by molar-refractivity contribution is -0.141. The molecule has 0 aliphatic rings. The molecule has 0 saturated heterocycles. The molecule has 2 aromatic rings. The van der Waals surface area contributed by atoms with Crippen LogP contribution >= 0.6 is 0 Å². The van der Waals surface area contributed by atoms with Crippen LogP contribution < -0.4 is 10.6 Å². The van der Waals surface area contributed by atoms with Gasteiger partial charge in [-0.05, 0) is 18.2 Å². The second kappa shape index (κ2) is 6.89. The first-order valence-electron chi connectivity index (χ1n) is 6.57. The molecule has 0 bridgehead atoms. The van der Waals surface area contributed by atoms with Crippen LogP contribution in [0.4, 0.5) is 38.1 Å². The Morgan fingerprint density at radius 2 is 1.50 bits per heavy atom. The van der Waals surface area contributed by atoms with E-state index in [4.69, 9.17) is 0 Å². The second-order valence-electron chi connectivity index (χ2n) is 4.54. The molecule has 0 aliphatic carbocycles. The summed E-state index contributed by atoms with van der Waals surface area (Å²) in [7, 11) is 0. The third-order valence-corrected chi connectivity index (χ3v) is 2.75. The van der Waals surface area contributed by atoms with E-state index >= 15 is 0 Å². The van der Waals surface area contributed by atoms with Gasteiger partial charge in [0.15, 0.2) is 0 Å². The maximum atomic E-state index is 12.5. The number of hydrogen-bond acceptors (Lipinski definition) is 5. The molecule has 5 nitrogen and oxygen atoms in total. The highest BCUT2D eigenvalue weighted by Crippen LogP contribution is 2.30. The second-order valence-corrected chi connectivity index (χ2v) is 4.54. The number of alkyl halides is 6. The van der Waals surface area contributed by atoms with Gasteiger partial charge in [-0.3, -0.25) is 0 Å². The van der Waals surface area contributed by atoms with Crippen molar-refractivity contribution in [3.63, 3.8) is 0 Å². The van der Waals surface area contributed by atoms with Crippen molar-refractivity contribution in [3.05, 3.63) is 41.9 Å². The predicted molar refractivity (Wildman–Crippen MR) is 73.3 cm³/mol. The van der Waals surface area contributed by atoms with Gasteiger partial charge in [-0.25, -0.2) is 15.0 Å². The fourth-order valence-electron chi connectivity index (χ4n) is 1.67. The zero-order chi connectivity index (χ0) is 17.8. The van der Waals surface area contributed by atoms with Crippen LogP contribution in [0.15, 0.2) is 30.6 Å². The minimum absolute atomic E-state index is 0.00316. The van der Waals surface area contributed by atoms with Crippen LogP contribution in [-0.4, -0.2) is 28.0 Å². The summed E-state index contributed by atoms with van der Waals surface area (Å²) in [4.78, 5) is 10.7. The average molecular weight is 351 g/mol. The summed E-state index contributed by atoms with van der Waals surface area (Å²) in [6, 6.07) is 2.40. The van der Waals surface area contributed by atoms with Crippen molar-refractivity contribution in [2.24, 2.45) is 0 Å². The number of halogens is 6. The van der Waals surface area contributed by atoms with E-state index < -0.39 is 23.6 Å². The van der Waals surface area contributed by atoms with E-state index in [9.17, 15) is 26.3 Å². The third kappa shape index (κ3) is 4.96. The molecule has 2 heterocycles. The molecular formula is C13H11F6N5. The molecule has 2 aromatic heterocycles. The number of nitrogens with one attached hydrogen (secondary N) is 2. The maximum Gasteiger partial charge on any atom is 0.433 e. The maximum absolute atomic E-state index is 12.5. The lowest BCUT2D eigenvalue weighted by Crippen LogP contribution is -2.17. The molecule has 130 valence electrons. The highest BCUT2D eigenvalue weighted by Gasteiger charge is 2.33. The first-order valence-corrected chi connectivity index (χ1v) is 6.57. The van der Waals surface area contributed by atoms with Gasteiger partial charge in [0.2, 0.25) is 5.95 Å². The summed E-state index contributed by atoms with van der Waals surface area (Å²) in [5.74, 6) is -0.236. The first-order chi connectivity index (χ1) is 11.2. The van der Waals surface area contributed by atoms with Crippen molar-refractivity contribution in [2.45, 2.75) is 12.4 Å². The predicted octanol–water partition coefficient (Wildman–Crippen LogP) is 3.43. The van der Waals surface area contributed by atoms with Crippen molar-refractivity contribution in [2.75, 3.05) is 23.7 Å². The molecule has 0 aromatic carbocycles. The summed E-state index contributed by atoms with van der Waals surface area (Å²) >= 11 is 0. The van der Waals surface area contributed by atoms with Crippen LogP contribution in [0.3, 0.4) is 0 Å². The Morgan fingerprint density at radius 3 is 2.17 bits per heavy atom. The Morgan fingerprint density at radius 1 is 0.833 bits per heavy atom. The molecule has 0 radical (unpaired) electrons. The van der Waals surface area contributed by atoms with E-state index in [1.807, 2.05) is 0 Å². The number of rotatable bonds is 5. The lowest BCUT2D eigenvalue weighted by atomic mass is 10.2. The van der Waals surface area contributed by atoms with E-state index in [1.54, 1.807) is 0 Å². The monoisotopic (exact) mass is 351 g/mol. The highest BCUT2D eigenvalue weighted by atomic mass is 19.4. The fraction of sp³-hybridized carbons (Fsp3) is 0.308. The summed E-state index contributed by atoms with van der Waals surface area (Å²) in [5, 5.41) is 5.16. The molecule has 0 amide bonds. The molecule has 0 fully saturated rings. The largest absolute Gasteiger partial charge is 0.433 e. The Balaban J connectivity index is 1.88. The van der Waals surface area contributed by atoms with Crippen LogP contribution in [0.1, 0.15) is 11.3 Å². The standard InChI is InChI=1S/C13H11F6N5/c14-12(15,16)8-1-3-20-10(7-8)21-5-6-23-11-22-4-2-9(24-11)13(17,18)19/h1-4,7H,5-6H2,(H,20,21)(H,22,23,24). The van der Waals surface area contributed by atoms with E-state index in [0.717, 1.165) is 30.6 Å². The normalized spacial score (nSPS) is 12.1. The van der Waals surface area contributed by atoms with Gasteiger partial charge >= 0.3 is 12.4 Å². The Kier molecular flexibility index (Phi) is 5.10. The van der Waals surface area contributed by atoms with Gasteiger partial charge in [0.25, 0.3) is 0 Å².